The van der Waals surface area contributed by atoms with Crippen LogP contribution in [0.1, 0.15) is 33.3 Å². The number of hydrogen-bond donors (Lipinski definition) is 0. The molecular formula is C13H25N3O3Si. The number of aryl methyl sites for hydroxylation is 1. The van der Waals surface area contributed by atoms with Crippen LogP contribution in [0.5, 0.6) is 0 Å². The number of nitro groups is 1. The van der Waals surface area contributed by atoms with Gasteiger partial charge in [0.25, 0.3) is 0 Å². The maximum absolute atomic E-state index is 10.8. The van der Waals surface area contributed by atoms with Gasteiger partial charge in [-0.15, -0.1) is 0 Å². The molecular weight excluding hydrogens is 274 g/mol. The van der Waals surface area contributed by atoms with Crippen LogP contribution in [0.3, 0.4) is 0 Å². The molecule has 0 amide bonds. The Morgan fingerprint density at radius 2 is 2.05 bits per heavy atom. The molecule has 1 unspecified atom stereocenters. The standard InChI is InChI=1S/C13H25N3O3Si/c1-10-8-15(14-12(10)16(17)18)9-11(2)19-20(6,7)13(3,4)5/h8,11H,9H2,1-7H3. The molecule has 0 saturated carbocycles. The van der Waals surface area contributed by atoms with Crippen molar-refractivity contribution in [3.8, 4) is 0 Å². The summed E-state index contributed by atoms with van der Waals surface area (Å²) in [5.41, 5.74) is 0.578. The fourth-order valence-corrected chi connectivity index (χ4v) is 3.20. The van der Waals surface area contributed by atoms with Crippen molar-refractivity contribution < 1.29 is 9.35 Å². The second-order valence-corrected chi connectivity index (χ2v) is 11.6. The fraction of sp³-hybridized carbons (Fsp3) is 0.769. The second kappa shape index (κ2) is 5.65. The molecule has 1 heterocycles. The van der Waals surface area contributed by atoms with E-state index in [-0.39, 0.29) is 17.0 Å². The maximum Gasteiger partial charge on any atom is 0.392 e. The van der Waals surface area contributed by atoms with E-state index in [0.717, 1.165) is 0 Å². The average molecular weight is 299 g/mol. The van der Waals surface area contributed by atoms with Gasteiger partial charge in [0.1, 0.15) is 0 Å². The zero-order valence-corrected chi connectivity index (χ0v) is 14.4. The minimum Gasteiger partial charge on any atom is -0.412 e. The summed E-state index contributed by atoms with van der Waals surface area (Å²) < 4.78 is 7.83. The summed E-state index contributed by atoms with van der Waals surface area (Å²) in [6, 6.07) is 0. The summed E-state index contributed by atoms with van der Waals surface area (Å²) in [4.78, 5) is 10.3. The zero-order chi connectivity index (χ0) is 15.7. The van der Waals surface area contributed by atoms with Crippen molar-refractivity contribution in [2.24, 2.45) is 0 Å². The van der Waals surface area contributed by atoms with Gasteiger partial charge in [0.2, 0.25) is 0 Å². The monoisotopic (exact) mass is 299 g/mol. The van der Waals surface area contributed by atoms with E-state index in [1.165, 1.54) is 0 Å². The Labute approximate surface area is 121 Å². The Hall–Kier alpha value is -1.21. The van der Waals surface area contributed by atoms with Gasteiger partial charge < -0.3 is 14.5 Å². The molecule has 0 fully saturated rings. The molecule has 0 aliphatic heterocycles. The average Bonchev–Trinajstić information content (AvgIpc) is 2.56. The quantitative estimate of drug-likeness (QED) is 0.474. The van der Waals surface area contributed by atoms with Crippen molar-refractivity contribution in [2.75, 3.05) is 0 Å². The number of nitrogens with zero attached hydrogens (tertiary/aromatic N) is 3. The van der Waals surface area contributed by atoms with Crippen molar-refractivity contribution in [1.82, 2.24) is 9.78 Å². The van der Waals surface area contributed by atoms with E-state index in [0.29, 0.717) is 12.1 Å². The lowest BCUT2D eigenvalue weighted by Crippen LogP contribution is -2.44. The molecule has 114 valence electrons. The first-order valence-electron chi connectivity index (χ1n) is 6.80. The lowest BCUT2D eigenvalue weighted by molar-refractivity contribution is -0.390. The molecule has 7 heteroatoms. The smallest absolute Gasteiger partial charge is 0.392 e. The molecule has 1 aromatic heterocycles. The first-order valence-corrected chi connectivity index (χ1v) is 9.71. The van der Waals surface area contributed by atoms with E-state index in [9.17, 15) is 10.1 Å². The van der Waals surface area contributed by atoms with E-state index in [2.05, 4.69) is 39.0 Å². The number of aromatic nitrogens is 2. The zero-order valence-electron chi connectivity index (χ0n) is 13.4. The minimum absolute atomic E-state index is 0.0187. The molecule has 1 rings (SSSR count). The Kier molecular flexibility index (Phi) is 4.76. The van der Waals surface area contributed by atoms with Crippen LogP contribution in [-0.4, -0.2) is 29.1 Å². The lowest BCUT2D eigenvalue weighted by Gasteiger charge is -2.38. The highest BCUT2D eigenvalue weighted by atomic mass is 28.4. The molecule has 0 aromatic carbocycles. The van der Waals surface area contributed by atoms with Crippen LogP contribution in [0.15, 0.2) is 6.20 Å². The van der Waals surface area contributed by atoms with Crippen LogP contribution in [0.25, 0.3) is 0 Å². The highest BCUT2D eigenvalue weighted by molar-refractivity contribution is 6.74. The number of rotatable bonds is 5. The van der Waals surface area contributed by atoms with Crippen LogP contribution in [0, 0.1) is 17.0 Å². The van der Waals surface area contributed by atoms with E-state index in [4.69, 9.17) is 4.43 Å². The van der Waals surface area contributed by atoms with Gasteiger partial charge in [0.05, 0.1) is 29.5 Å². The lowest BCUT2D eigenvalue weighted by atomic mass is 10.2. The van der Waals surface area contributed by atoms with Crippen LogP contribution in [0.4, 0.5) is 5.82 Å². The SMILES string of the molecule is Cc1cn(CC(C)O[Si](C)(C)C(C)(C)C)nc1[N+](=O)[O-]. The largest absolute Gasteiger partial charge is 0.412 e. The van der Waals surface area contributed by atoms with E-state index < -0.39 is 13.2 Å². The third-order valence-electron chi connectivity index (χ3n) is 3.84. The van der Waals surface area contributed by atoms with Crippen molar-refractivity contribution in [3.63, 3.8) is 0 Å². The molecule has 20 heavy (non-hydrogen) atoms. The molecule has 6 nitrogen and oxygen atoms in total. The Morgan fingerprint density at radius 1 is 1.50 bits per heavy atom. The van der Waals surface area contributed by atoms with Crippen molar-refractivity contribution in [3.05, 3.63) is 21.9 Å². The predicted molar refractivity (Wildman–Crippen MR) is 81.4 cm³/mol. The minimum atomic E-state index is -1.83. The van der Waals surface area contributed by atoms with Crippen LogP contribution >= 0.6 is 0 Å². The van der Waals surface area contributed by atoms with Gasteiger partial charge in [-0.05, 0) is 36.9 Å². The molecule has 1 atom stereocenters. The third kappa shape index (κ3) is 3.89. The van der Waals surface area contributed by atoms with Gasteiger partial charge in [0, 0.05) is 0 Å². The van der Waals surface area contributed by atoms with Crippen LogP contribution in [-0.2, 0) is 11.0 Å². The molecule has 0 radical (unpaired) electrons. The van der Waals surface area contributed by atoms with Gasteiger partial charge in [-0.1, -0.05) is 20.8 Å². The summed E-state index contributed by atoms with van der Waals surface area (Å²) in [5.74, 6) is -0.0791. The highest BCUT2D eigenvalue weighted by Gasteiger charge is 2.38. The molecule has 1 aromatic rings. The Morgan fingerprint density at radius 3 is 2.45 bits per heavy atom. The van der Waals surface area contributed by atoms with Gasteiger partial charge >= 0.3 is 5.82 Å². The summed E-state index contributed by atoms with van der Waals surface area (Å²) in [6.45, 7) is 15.2. The summed E-state index contributed by atoms with van der Waals surface area (Å²) >= 11 is 0. The van der Waals surface area contributed by atoms with E-state index >= 15 is 0 Å². The normalized spacial score (nSPS) is 14.3. The fourth-order valence-electron chi connectivity index (χ4n) is 1.77. The molecule has 0 spiro atoms. The van der Waals surface area contributed by atoms with Gasteiger partial charge in [0.15, 0.2) is 8.32 Å². The first-order chi connectivity index (χ1) is 8.94. The molecule has 0 aliphatic carbocycles. The number of hydrogen-bond acceptors (Lipinski definition) is 4. The Bertz CT molecular complexity index is 492. The van der Waals surface area contributed by atoms with Crippen molar-refractivity contribution in [1.29, 1.82) is 0 Å². The summed E-state index contributed by atoms with van der Waals surface area (Å²) in [7, 11) is -1.83. The third-order valence-corrected chi connectivity index (χ3v) is 8.44. The maximum atomic E-state index is 10.8. The molecule has 0 N–H and O–H groups in total. The topological polar surface area (TPSA) is 70.2 Å². The van der Waals surface area contributed by atoms with Gasteiger partial charge in [-0.2, -0.15) is 4.68 Å². The van der Waals surface area contributed by atoms with E-state index in [1.807, 2.05) is 6.92 Å². The van der Waals surface area contributed by atoms with Crippen LogP contribution < -0.4 is 0 Å². The van der Waals surface area contributed by atoms with Crippen molar-refractivity contribution >= 4 is 14.1 Å². The molecule has 0 aliphatic rings. The van der Waals surface area contributed by atoms with Gasteiger partial charge in [-0.25, -0.2) is 0 Å². The first kappa shape index (κ1) is 16.8. The van der Waals surface area contributed by atoms with Gasteiger partial charge in [-0.3, -0.25) is 0 Å². The predicted octanol–water partition coefficient (Wildman–Crippen LogP) is 3.51. The second-order valence-electron chi connectivity index (χ2n) is 6.80. The summed E-state index contributed by atoms with van der Waals surface area (Å²) in [5, 5.41) is 14.9. The van der Waals surface area contributed by atoms with Crippen LogP contribution in [0.2, 0.25) is 18.1 Å². The summed E-state index contributed by atoms with van der Waals surface area (Å²) in [6.07, 6.45) is 1.68. The highest BCUT2D eigenvalue weighted by Crippen LogP contribution is 2.37. The van der Waals surface area contributed by atoms with Crippen molar-refractivity contribution in [2.45, 2.75) is 65.4 Å². The Balaban J connectivity index is 2.75. The van der Waals surface area contributed by atoms with E-state index in [1.54, 1.807) is 17.8 Å². The molecule has 0 bridgehead atoms. The molecule has 0 saturated heterocycles.